The van der Waals surface area contributed by atoms with Crippen molar-refractivity contribution in [3.8, 4) is 0 Å². The molecule has 0 spiro atoms. The van der Waals surface area contributed by atoms with Gasteiger partial charge in [-0.15, -0.1) is 11.3 Å². The Hall–Kier alpha value is -1.09. The zero-order valence-electron chi connectivity index (χ0n) is 8.49. The Morgan fingerprint density at radius 3 is 2.79 bits per heavy atom. The highest BCUT2D eigenvalue weighted by Crippen LogP contribution is 2.17. The van der Waals surface area contributed by atoms with Gasteiger partial charge in [0, 0.05) is 4.88 Å². The van der Waals surface area contributed by atoms with Gasteiger partial charge in [0.2, 0.25) is 0 Å². The van der Waals surface area contributed by atoms with Crippen LogP contribution in [-0.2, 0) is 0 Å². The number of thiophene rings is 1. The van der Waals surface area contributed by atoms with E-state index < -0.39 is 0 Å². The Morgan fingerprint density at radius 1 is 1.57 bits per heavy atom. The summed E-state index contributed by atoms with van der Waals surface area (Å²) >= 11 is 1.43. The zero-order chi connectivity index (χ0) is 10.6. The third kappa shape index (κ3) is 3.34. The number of hydrogen-bond donors (Lipinski definition) is 1. The lowest BCUT2D eigenvalue weighted by Gasteiger charge is -1.95. The third-order valence-electron chi connectivity index (χ3n) is 1.76. The number of amides is 1. The molecule has 1 rings (SSSR count). The molecule has 0 atom stereocenters. The normalized spacial score (nSPS) is 11.4. The van der Waals surface area contributed by atoms with Gasteiger partial charge in [-0.3, -0.25) is 4.79 Å². The number of allylic oxidation sites excluding steroid dienone is 1. The number of carbonyl (C=O) groups is 1. The Labute approximate surface area is 88.4 Å². The molecule has 0 saturated carbocycles. The van der Waals surface area contributed by atoms with Crippen molar-refractivity contribution in [2.45, 2.75) is 20.3 Å². The van der Waals surface area contributed by atoms with Gasteiger partial charge >= 0.3 is 0 Å². The number of hydrogen-bond acceptors (Lipinski definition) is 2. The molecule has 3 heteroatoms. The summed E-state index contributed by atoms with van der Waals surface area (Å²) in [5.41, 5.74) is 5.15. The molecule has 0 aliphatic heterocycles. The summed E-state index contributed by atoms with van der Waals surface area (Å²) in [6.07, 6.45) is 5.22. The Bertz CT molecular complexity index is 339. The van der Waals surface area contributed by atoms with Crippen LogP contribution in [0.25, 0.3) is 6.08 Å². The van der Waals surface area contributed by atoms with Crippen LogP contribution in [0.2, 0.25) is 0 Å². The maximum atomic E-state index is 10.8. The van der Waals surface area contributed by atoms with Crippen molar-refractivity contribution in [3.63, 3.8) is 0 Å². The molecule has 1 aromatic rings. The molecule has 14 heavy (non-hydrogen) atoms. The molecular formula is C11H15NOS. The van der Waals surface area contributed by atoms with Crippen LogP contribution < -0.4 is 5.73 Å². The van der Waals surface area contributed by atoms with Gasteiger partial charge in [0.1, 0.15) is 0 Å². The summed E-state index contributed by atoms with van der Waals surface area (Å²) in [7, 11) is 0. The van der Waals surface area contributed by atoms with E-state index in [9.17, 15) is 4.79 Å². The van der Waals surface area contributed by atoms with Crippen molar-refractivity contribution < 1.29 is 4.79 Å². The number of rotatable bonds is 4. The molecule has 0 radical (unpaired) electrons. The minimum atomic E-state index is -0.349. The summed E-state index contributed by atoms with van der Waals surface area (Å²) in [6.45, 7) is 4.35. The first kappa shape index (κ1) is 11.0. The van der Waals surface area contributed by atoms with Gasteiger partial charge in [0.15, 0.2) is 0 Å². The van der Waals surface area contributed by atoms with Crippen molar-refractivity contribution in [3.05, 3.63) is 28.0 Å². The molecule has 0 aliphatic rings. The SMILES string of the molecule is CC(C)C/C=C/c1ccc(C(N)=O)s1. The molecule has 1 heterocycles. The zero-order valence-corrected chi connectivity index (χ0v) is 9.30. The molecule has 0 aromatic carbocycles. The van der Waals surface area contributed by atoms with Crippen LogP contribution in [-0.4, -0.2) is 5.91 Å². The maximum absolute atomic E-state index is 10.8. The van der Waals surface area contributed by atoms with Crippen LogP contribution in [0.1, 0.15) is 34.8 Å². The van der Waals surface area contributed by atoms with Crippen molar-refractivity contribution in [2.75, 3.05) is 0 Å². The molecular weight excluding hydrogens is 194 g/mol. The molecule has 0 fully saturated rings. The summed E-state index contributed by atoms with van der Waals surface area (Å²) in [4.78, 5) is 12.5. The van der Waals surface area contributed by atoms with Gasteiger partial charge in [-0.1, -0.05) is 19.9 Å². The van der Waals surface area contributed by atoms with E-state index >= 15 is 0 Å². The number of primary amides is 1. The number of carbonyl (C=O) groups excluding carboxylic acids is 1. The van der Waals surface area contributed by atoms with Crippen LogP contribution in [0.5, 0.6) is 0 Å². The molecule has 0 saturated heterocycles. The topological polar surface area (TPSA) is 43.1 Å². The lowest BCUT2D eigenvalue weighted by Crippen LogP contribution is -2.07. The minimum Gasteiger partial charge on any atom is -0.365 e. The van der Waals surface area contributed by atoms with E-state index in [4.69, 9.17) is 5.73 Å². The van der Waals surface area contributed by atoms with Gasteiger partial charge in [-0.2, -0.15) is 0 Å². The Morgan fingerprint density at radius 2 is 2.29 bits per heavy atom. The van der Waals surface area contributed by atoms with Crippen LogP contribution in [0.15, 0.2) is 18.2 Å². The second-order valence-electron chi connectivity index (χ2n) is 3.60. The fourth-order valence-electron chi connectivity index (χ4n) is 1.03. The van der Waals surface area contributed by atoms with Crippen LogP contribution in [0.4, 0.5) is 0 Å². The molecule has 0 aliphatic carbocycles. The van der Waals surface area contributed by atoms with E-state index in [0.29, 0.717) is 10.8 Å². The fourth-order valence-corrected chi connectivity index (χ4v) is 1.82. The third-order valence-corrected chi connectivity index (χ3v) is 2.82. The molecule has 2 nitrogen and oxygen atoms in total. The lowest BCUT2D eigenvalue weighted by atomic mass is 10.1. The van der Waals surface area contributed by atoms with Crippen molar-refractivity contribution in [1.82, 2.24) is 0 Å². The van der Waals surface area contributed by atoms with Gasteiger partial charge in [-0.05, 0) is 30.5 Å². The molecule has 1 amide bonds. The second kappa shape index (κ2) is 4.96. The Kier molecular flexibility index (Phi) is 3.89. The van der Waals surface area contributed by atoms with Gasteiger partial charge in [0.25, 0.3) is 5.91 Å². The largest absolute Gasteiger partial charge is 0.365 e. The van der Waals surface area contributed by atoms with E-state index in [0.717, 1.165) is 11.3 Å². The quantitative estimate of drug-likeness (QED) is 0.814. The van der Waals surface area contributed by atoms with E-state index in [-0.39, 0.29) is 5.91 Å². The van der Waals surface area contributed by atoms with Crippen molar-refractivity contribution in [2.24, 2.45) is 11.7 Å². The maximum Gasteiger partial charge on any atom is 0.258 e. The highest BCUT2D eigenvalue weighted by molar-refractivity contribution is 7.14. The summed E-state index contributed by atoms with van der Waals surface area (Å²) < 4.78 is 0. The van der Waals surface area contributed by atoms with Gasteiger partial charge in [-0.25, -0.2) is 0 Å². The van der Waals surface area contributed by atoms with Crippen molar-refractivity contribution in [1.29, 1.82) is 0 Å². The van der Waals surface area contributed by atoms with E-state index in [2.05, 4.69) is 19.9 Å². The number of nitrogens with two attached hydrogens (primary N) is 1. The van der Waals surface area contributed by atoms with E-state index in [1.807, 2.05) is 12.1 Å². The van der Waals surface area contributed by atoms with Crippen LogP contribution >= 0.6 is 11.3 Å². The molecule has 1 aromatic heterocycles. The monoisotopic (exact) mass is 209 g/mol. The van der Waals surface area contributed by atoms with E-state index in [1.165, 1.54) is 11.3 Å². The predicted octanol–water partition coefficient (Wildman–Crippen LogP) is 2.91. The first-order valence-corrected chi connectivity index (χ1v) is 5.47. The first-order chi connectivity index (χ1) is 6.59. The van der Waals surface area contributed by atoms with Crippen LogP contribution in [0, 0.1) is 5.92 Å². The van der Waals surface area contributed by atoms with Gasteiger partial charge in [0.05, 0.1) is 4.88 Å². The molecule has 0 bridgehead atoms. The smallest absolute Gasteiger partial charge is 0.258 e. The predicted molar refractivity (Wildman–Crippen MR) is 61.3 cm³/mol. The Balaban J connectivity index is 2.59. The summed E-state index contributed by atoms with van der Waals surface area (Å²) in [5, 5.41) is 0. The highest BCUT2D eigenvalue weighted by Gasteiger charge is 2.02. The van der Waals surface area contributed by atoms with E-state index in [1.54, 1.807) is 6.07 Å². The summed E-state index contributed by atoms with van der Waals surface area (Å²) in [5.74, 6) is 0.320. The molecule has 2 N–H and O–H groups in total. The molecule has 0 unspecified atom stereocenters. The second-order valence-corrected chi connectivity index (χ2v) is 4.71. The minimum absolute atomic E-state index is 0.349. The lowest BCUT2D eigenvalue weighted by molar-refractivity contribution is 0.100. The first-order valence-electron chi connectivity index (χ1n) is 4.65. The van der Waals surface area contributed by atoms with Gasteiger partial charge < -0.3 is 5.73 Å². The standard InChI is InChI=1S/C11H15NOS/c1-8(2)4-3-5-9-6-7-10(14-9)11(12)13/h3,5-8H,4H2,1-2H3,(H2,12,13)/b5-3+. The highest BCUT2D eigenvalue weighted by atomic mass is 32.1. The average molecular weight is 209 g/mol. The summed E-state index contributed by atoms with van der Waals surface area (Å²) in [6, 6.07) is 3.68. The molecule has 76 valence electrons. The van der Waals surface area contributed by atoms with Crippen LogP contribution in [0.3, 0.4) is 0 Å². The average Bonchev–Trinajstić information content (AvgIpc) is 2.52. The van der Waals surface area contributed by atoms with Crippen molar-refractivity contribution >= 4 is 23.3 Å². The fraction of sp³-hybridized carbons (Fsp3) is 0.364.